The van der Waals surface area contributed by atoms with E-state index < -0.39 is 0 Å². The predicted molar refractivity (Wildman–Crippen MR) is 69.2 cm³/mol. The summed E-state index contributed by atoms with van der Waals surface area (Å²) in [5, 5.41) is 2.84. The number of aromatic nitrogens is 1. The van der Waals surface area contributed by atoms with Crippen molar-refractivity contribution in [1.29, 1.82) is 0 Å². The monoisotopic (exact) mass is 244 g/mol. The molecule has 0 aliphatic heterocycles. The van der Waals surface area contributed by atoms with Gasteiger partial charge in [-0.3, -0.25) is 4.79 Å². The number of furan rings is 1. The van der Waals surface area contributed by atoms with Gasteiger partial charge in [0.25, 0.3) is 5.91 Å². The molecular weight excluding hydrogens is 228 g/mol. The Kier molecular flexibility index (Phi) is 4.12. The molecule has 2 aromatic rings. The Hall–Kier alpha value is -2.10. The molecule has 0 aliphatic carbocycles. The lowest BCUT2D eigenvalue weighted by Gasteiger charge is -2.04. The number of nitrogens with zero attached hydrogens (tertiary/aromatic N) is 1. The average molecular weight is 244 g/mol. The van der Waals surface area contributed by atoms with Gasteiger partial charge in [0.15, 0.2) is 5.76 Å². The number of unbranched alkanes of at least 4 members (excludes halogenated alkanes) is 1. The molecule has 2 rings (SSSR count). The lowest BCUT2D eigenvalue weighted by atomic mass is 10.2. The van der Waals surface area contributed by atoms with Gasteiger partial charge in [0.2, 0.25) is 0 Å². The Morgan fingerprint density at radius 1 is 1.33 bits per heavy atom. The van der Waals surface area contributed by atoms with Crippen LogP contribution >= 0.6 is 0 Å². The van der Waals surface area contributed by atoms with E-state index in [1.807, 2.05) is 12.1 Å². The summed E-state index contributed by atoms with van der Waals surface area (Å²) in [5.41, 5.74) is 1.09. The first-order chi connectivity index (χ1) is 8.81. The molecule has 0 spiro atoms. The van der Waals surface area contributed by atoms with Gasteiger partial charge in [-0.1, -0.05) is 19.4 Å². The van der Waals surface area contributed by atoms with Crippen LogP contribution in [0.4, 0.5) is 0 Å². The average Bonchev–Trinajstić information content (AvgIpc) is 2.93. The van der Waals surface area contributed by atoms with E-state index >= 15 is 0 Å². The van der Waals surface area contributed by atoms with Crippen molar-refractivity contribution in [3.8, 4) is 11.5 Å². The van der Waals surface area contributed by atoms with Gasteiger partial charge in [-0.25, -0.2) is 4.98 Å². The Labute approximate surface area is 106 Å². The fourth-order valence-corrected chi connectivity index (χ4v) is 1.59. The fourth-order valence-electron chi connectivity index (χ4n) is 1.59. The second kappa shape index (κ2) is 6.00. The zero-order valence-corrected chi connectivity index (χ0v) is 10.3. The van der Waals surface area contributed by atoms with Gasteiger partial charge >= 0.3 is 0 Å². The molecule has 1 amide bonds. The highest BCUT2D eigenvalue weighted by Crippen LogP contribution is 2.17. The van der Waals surface area contributed by atoms with E-state index in [0.717, 1.165) is 12.8 Å². The smallest absolute Gasteiger partial charge is 0.269 e. The largest absolute Gasteiger partial charge is 0.463 e. The second-order valence-electron chi connectivity index (χ2n) is 3.99. The van der Waals surface area contributed by atoms with Crippen LogP contribution in [0.2, 0.25) is 0 Å². The molecule has 0 aromatic carbocycles. The third-order valence-electron chi connectivity index (χ3n) is 2.57. The summed E-state index contributed by atoms with van der Waals surface area (Å²) in [4.78, 5) is 16.1. The van der Waals surface area contributed by atoms with E-state index in [1.54, 1.807) is 24.5 Å². The number of amides is 1. The Bertz CT molecular complexity index is 506. The summed E-state index contributed by atoms with van der Waals surface area (Å²) in [6, 6.07) is 8.95. The minimum absolute atomic E-state index is 0.142. The number of pyridine rings is 1. The topological polar surface area (TPSA) is 55.1 Å². The van der Waals surface area contributed by atoms with Crippen LogP contribution in [0.5, 0.6) is 0 Å². The molecule has 4 nitrogen and oxygen atoms in total. The molecule has 0 saturated heterocycles. The zero-order chi connectivity index (χ0) is 12.8. The van der Waals surface area contributed by atoms with Crippen molar-refractivity contribution < 1.29 is 9.21 Å². The van der Waals surface area contributed by atoms with E-state index in [0.29, 0.717) is 23.7 Å². The van der Waals surface area contributed by atoms with Gasteiger partial charge in [0, 0.05) is 6.54 Å². The van der Waals surface area contributed by atoms with Crippen molar-refractivity contribution in [3.05, 3.63) is 42.3 Å². The summed E-state index contributed by atoms with van der Waals surface area (Å²) in [5.74, 6) is 0.523. The fraction of sp³-hybridized carbons (Fsp3) is 0.286. The summed E-state index contributed by atoms with van der Waals surface area (Å²) >= 11 is 0. The normalized spacial score (nSPS) is 10.3. The van der Waals surface area contributed by atoms with Crippen molar-refractivity contribution >= 4 is 5.91 Å². The maximum absolute atomic E-state index is 11.8. The Morgan fingerprint density at radius 2 is 2.22 bits per heavy atom. The van der Waals surface area contributed by atoms with Gasteiger partial charge in [-0.15, -0.1) is 0 Å². The van der Waals surface area contributed by atoms with Crippen molar-refractivity contribution in [2.45, 2.75) is 19.8 Å². The van der Waals surface area contributed by atoms with E-state index in [9.17, 15) is 4.79 Å². The molecular formula is C14H16N2O2. The van der Waals surface area contributed by atoms with E-state index in [1.165, 1.54) is 0 Å². The van der Waals surface area contributed by atoms with Gasteiger partial charge in [0.05, 0.1) is 6.26 Å². The van der Waals surface area contributed by atoms with E-state index in [-0.39, 0.29) is 5.91 Å². The lowest BCUT2D eigenvalue weighted by molar-refractivity contribution is 0.0948. The summed E-state index contributed by atoms with van der Waals surface area (Å²) < 4.78 is 5.26. The first-order valence-corrected chi connectivity index (χ1v) is 6.10. The van der Waals surface area contributed by atoms with E-state index in [4.69, 9.17) is 4.42 Å². The molecule has 1 N–H and O–H groups in total. The maximum Gasteiger partial charge on any atom is 0.269 e. The molecule has 94 valence electrons. The SMILES string of the molecule is CCCCNC(=O)c1cccc(-c2ccco2)n1. The van der Waals surface area contributed by atoms with Gasteiger partial charge in [-0.2, -0.15) is 0 Å². The van der Waals surface area contributed by atoms with Crippen LogP contribution in [-0.4, -0.2) is 17.4 Å². The molecule has 0 fully saturated rings. The van der Waals surface area contributed by atoms with Crippen molar-refractivity contribution in [1.82, 2.24) is 10.3 Å². The second-order valence-corrected chi connectivity index (χ2v) is 3.99. The van der Waals surface area contributed by atoms with Crippen LogP contribution in [0.3, 0.4) is 0 Å². The van der Waals surface area contributed by atoms with Crippen molar-refractivity contribution in [2.75, 3.05) is 6.54 Å². The molecule has 0 aliphatic rings. The first-order valence-electron chi connectivity index (χ1n) is 6.10. The third kappa shape index (κ3) is 2.97. The Morgan fingerprint density at radius 3 is 2.94 bits per heavy atom. The molecule has 0 unspecified atom stereocenters. The van der Waals surface area contributed by atoms with Crippen LogP contribution in [0, 0.1) is 0 Å². The highest BCUT2D eigenvalue weighted by Gasteiger charge is 2.09. The molecule has 4 heteroatoms. The lowest BCUT2D eigenvalue weighted by Crippen LogP contribution is -2.25. The van der Waals surface area contributed by atoms with Crippen molar-refractivity contribution in [3.63, 3.8) is 0 Å². The maximum atomic E-state index is 11.8. The van der Waals surface area contributed by atoms with Gasteiger partial charge < -0.3 is 9.73 Å². The molecule has 2 aromatic heterocycles. The number of rotatable bonds is 5. The molecule has 2 heterocycles. The molecule has 0 saturated carbocycles. The third-order valence-corrected chi connectivity index (χ3v) is 2.57. The standard InChI is InChI=1S/C14H16N2O2/c1-2-3-9-15-14(17)12-7-4-6-11(16-12)13-8-5-10-18-13/h4-8,10H,2-3,9H2,1H3,(H,15,17). The van der Waals surface area contributed by atoms with Crippen LogP contribution < -0.4 is 5.32 Å². The highest BCUT2D eigenvalue weighted by atomic mass is 16.3. The predicted octanol–water partition coefficient (Wildman–Crippen LogP) is 2.87. The minimum Gasteiger partial charge on any atom is -0.463 e. The summed E-state index contributed by atoms with van der Waals surface area (Å²) in [6.45, 7) is 2.77. The number of hydrogen-bond donors (Lipinski definition) is 1. The number of carbonyl (C=O) groups is 1. The van der Waals surface area contributed by atoms with Crippen LogP contribution in [0.15, 0.2) is 41.0 Å². The first kappa shape index (κ1) is 12.4. The molecule has 18 heavy (non-hydrogen) atoms. The number of carbonyl (C=O) groups excluding carboxylic acids is 1. The van der Waals surface area contributed by atoms with Crippen LogP contribution in [0.1, 0.15) is 30.3 Å². The van der Waals surface area contributed by atoms with Gasteiger partial charge in [0.1, 0.15) is 11.4 Å². The van der Waals surface area contributed by atoms with Crippen LogP contribution in [0.25, 0.3) is 11.5 Å². The summed E-state index contributed by atoms with van der Waals surface area (Å²) in [6.07, 6.45) is 3.62. The quantitative estimate of drug-likeness (QED) is 0.823. The molecule has 0 bridgehead atoms. The number of hydrogen-bond acceptors (Lipinski definition) is 3. The Balaban J connectivity index is 2.10. The highest BCUT2D eigenvalue weighted by molar-refractivity contribution is 5.92. The van der Waals surface area contributed by atoms with Crippen molar-refractivity contribution in [2.24, 2.45) is 0 Å². The zero-order valence-electron chi connectivity index (χ0n) is 10.3. The molecule has 0 radical (unpaired) electrons. The van der Waals surface area contributed by atoms with Gasteiger partial charge in [-0.05, 0) is 30.7 Å². The number of nitrogens with one attached hydrogen (secondary N) is 1. The van der Waals surface area contributed by atoms with Crippen LogP contribution in [-0.2, 0) is 0 Å². The molecule has 0 atom stereocenters. The summed E-state index contributed by atoms with van der Waals surface area (Å²) in [7, 11) is 0. The van der Waals surface area contributed by atoms with E-state index in [2.05, 4.69) is 17.2 Å². The minimum atomic E-state index is -0.142.